The van der Waals surface area contributed by atoms with E-state index in [0.717, 1.165) is 30.0 Å². The first-order valence-corrected chi connectivity index (χ1v) is 6.81. The minimum atomic E-state index is -0.0972. The van der Waals surface area contributed by atoms with Gasteiger partial charge in [-0.05, 0) is 31.0 Å². The number of aromatic amines is 1. The van der Waals surface area contributed by atoms with E-state index in [1.165, 1.54) is 0 Å². The van der Waals surface area contributed by atoms with Gasteiger partial charge in [-0.3, -0.25) is 4.79 Å². The van der Waals surface area contributed by atoms with Gasteiger partial charge >= 0.3 is 0 Å². The van der Waals surface area contributed by atoms with E-state index in [1.807, 2.05) is 25.1 Å². The SMILES string of the molecule is CCCNc1cc(C)ccc1C(=O)NCc1ncc[nH]1. The van der Waals surface area contributed by atoms with Gasteiger partial charge in [0.25, 0.3) is 5.91 Å². The van der Waals surface area contributed by atoms with Crippen LogP contribution >= 0.6 is 0 Å². The van der Waals surface area contributed by atoms with Crippen LogP contribution < -0.4 is 10.6 Å². The monoisotopic (exact) mass is 272 g/mol. The summed E-state index contributed by atoms with van der Waals surface area (Å²) in [5, 5.41) is 6.16. The molecular weight excluding hydrogens is 252 g/mol. The van der Waals surface area contributed by atoms with Crippen LogP contribution in [0, 0.1) is 6.92 Å². The highest BCUT2D eigenvalue weighted by Crippen LogP contribution is 2.17. The fourth-order valence-electron chi connectivity index (χ4n) is 1.92. The molecule has 1 heterocycles. The summed E-state index contributed by atoms with van der Waals surface area (Å²) in [4.78, 5) is 19.3. The molecule has 0 aliphatic heterocycles. The molecule has 5 heteroatoms. The molecule has 2 aromatic rings. The smallest absolute Gasteiger partial charge is 0.253 e. The third-order valence-corrected chi connectivity index (χ3v) is 2.96. The van der Waals surface area contributed by atoms with Crippen molar-refractivity contribution in [3.05, 3.63) is 47.5 Å². The molecule has 0 aliphatic rings. The van der Waals surface area contributed by atoms with Crippen molar-refractivity contribution in [2.45, 2.75) is 26.8 Å². The van der Waals surface area contributed by atoms with Gasteiger partial charge in [-0.25, -0.2) is 4.98 Å². The maximum absolute atomic E-state index is 12.2. The number of hydrogen-bond acceptors (Lipinski definition) is 3. The lowest BCUT2D eigenvalue weighted by molar-refractivity contribution is 0.0951. The second-order valence-corrected chi connectivity index (χ2v) is 4.69. The first-order valence-electron chi connectivity index (χ1n) is 6.81. The normalized spacial score (nSPS) is 10.3. The van der Waals surface area contributed by atoms with Crippen molar-refractivity contribution in [1.82, 2.24) is 15.3 Å². The van der Waals surface area contributed by atoms with E-state index in [1.54, 1.807) is 12.4 Å². The van der Waals surface area contributed by atoms with Crippen molar-refractivity contribution >= 4 is 11.6 Å². The lowest BCUT2D eigenvalue weighted by atomic mass is 10.1. The Morgan fingerprint density at radius 1 is 1.40 bits per heavy atom. The van der Waals surface area contributed by atoms with E-state index in [0.29, 0.717) is 12.1 Å². The number of benzene rings is 1. The summed E-state index contributed by atoms with van der Waals surface area (Å²) in [6.45, 7) is 5.36. The van der Waals surface area contributed by atoms with Gasteiger partial charge in [0.05, 0.1) is 12.1 Å². The minimum Gasteiger partial charge on any atom is -0.384 e. The molecule has 1 aromatic heterocycles. The van der Waals surface area contributed by atoms with Gasteiger partial charge in [-0.2, -0.15) is 0 Å². The minimum absolute atomic E-state index is 0.0972. The summed E-state index contributed by atoms with van der Waals surface area (Å²) < 4.78 is 0. The van der Waals surface area contributed by atoms with Gasteiger partial charge in [0.1, 0.15) is 5.82 Å². The van der Waals surface area contributed by atoms with E-state index in [9.17, 15) is 4.79 Å². The molecule has 0 fully saturated rings. The van der Waals surface area contributed by atoms with E-state index >= 15 is 0 Å². The fraction of sp³-hybridized carbons (Fsp3) is 0.333. The number of hydrogen-bond donors (Lipinski definition) is 3. The molecule has 1 amide bonds. The van der Waals surface area contributed by atoms with Crippen LogP contribution in [0.4, 0.5) is 5.69 Å². The predicted molar refractivity (Wildman–Crippen MR) is 79.7 cm³/mol. The van der Waals surface area contributed by atoms with E-state index < -0.39 is 0 Å². The number of carbonyl (C=O) groups is 1. The summed E-state index contributed by atoms with van der Waals surface area (Å²) in [7, 11) is 0. The van der Waals surface area contributed by atoms with Crippen LogP contribution in [0.5, 0.6) is 0 Å². The van der Waals surface area contributed by atoms with Gasteiger partial charge < -0.3 is 15.6 Å². The standard InChI is InChI=1S/C15H20N4O/c1-3-6-16-13-9-11(2)4-5-12(13)15(20)19-10-14-17-7-8-18-14/h4-5,7-9,16H,3,6,10H2,1-2H3,(H,17,18)(H,19,20). The summed E-state index contributed by atoms with van der Waals surface area (Å²) in [6.07, 6.45) is 4.42. The molecule has 106 valence electrons. The fourth-order valence-corrected chi connectivity index (χ4v) is 1.92. The van der Waals surface area contributed by atoms with Crippen LogP contribution in [-0.2, 0) is 6.54 Å². The Hall–Kier alpha value is -2.30. The Bertz CT molecular complexity index is 563. The number of rotatable bonds is 6. The number of anilines is 1. The van der Waals surface area contributed by atoms with Gasteiger partial charge in [-0.1, -0.05) is 13.0 Å². The maximum Gasteiger partial charge on any atom is 0.253 e. The largest absolute Gasteiger partial charge is 0.384 e. The van der Waals surface area contributed by atoms with Crippen LogP contribution in [0.25, 0.3) is 0 Å². The van der Waals surface area contributed by atoms with Gasteiger partial charge in [0.15, 0.2) is 0 Å². The number of nitrogens with one attached hydrogen (secondary N) is 3. The molecular formula is C15H20N4O. The summed E-state index contributed by atoms with van der Waals surface area (Å²) in [5.74, 6) is 0.647. The molecule has 0 aliphatic carbocycles. The molecule has 0 bridgehead atoms. The second-order valence-electron chi connectivity index (χ2n) is 4.69. The third kappa shape index (κ3) is 3.60. The number of imidazole rings is 1. The third-order valence-electron chi connectivity index (χ3n) is 2.96. The number of amides is 1. The van der Waals surface area contributed by atoms with Crippen molar-refractivity contribution in [2.24, 2.45) is 0 Å². The second kappa shape index (κ2) is 6.75. The number of nitrogens with zero attached hydrogens (tertiary/aromatic N) is 1. The van der Waals surface area contributed by atoms with E-state index in [4.69, 9.17) is 0 Å². The Balaban J connectivity index is 2.07. The molecule has 0 radical (unpaired) electrons. The van der Waals surface area contributed by atoms with Crippen molar-refractivity contribution in [3.8, 4) is 0 Å². The zero-order valence-electron chi connectivity index (χ0n) is 11.9. The van der Waals surface area contributed by atoms with Crippen LogP contribution in [0.3, 0.4) is 0 Å². The highest BCUT2D eigenvalue weighted by Gasteiger charge is 2.11. The van der Waals surface area contributed by atoms with E-state index in [-0.39, 0.29) is 5.91 Å². The Labute approximate surface area is 118 Å². The van der Waals surface area contributed by atoms with Gasteiger partial charge in [0, 0.05) is 24.6 Å². The first-order chi connectivity index (χ1) is 9.70. The average Bonchev–Trinajstić information content (AvgIpc) is 2.96. The highest BCUT2D eigenvalue weighted by atomic mass is 16.1. The van der Waals surface area contributed by atoms with Crippen molar-refractivity contribution in [2.75, 3.05) is 11.9 Å². The Morgan fingerprint density at radius 3 is 2.95 bits per heavy atom. The van der Waals surface area contributed by atoms with Gasteiger partial charge in [-0.15, -0.1) is 0 Å². The van der Waals surface area contributed by atoms with Crippen molar-refractivity contribution < 1.29 is 4.79 Å². The maximum atomic E-state index is 12.2. The Morgan fingerprint density at radius 2 is 2.25 bits per heavy atom. The molecule has 0 saturated heterocycles. The lowest BCUT2D eigenvalue weighted by Gasteiger charge is -2.12. The molecule has 5 nitrogen and oxygen atoms in total. The van der Waals surface area contributed by atoms with Crippen LogP contribution in [0.1, 0.15) is 35.1 Å². The molecule has 20 heavy (non-hydrogen) atoms. The quantitative estimate of drug-likeness (QED) is 0.756. The highest BCUT2D eigenvalue weighted by molar-refractivity contribution is 5.99. The van der Waals surface area contributed by atoms with Crippen LogP contribution in [-0.4, -0.2) is 22.4 Å². The summed E-state index contributed by atoms with van der Waals surface area (Å²) in [5.41, 5.74) is 2.67. The average molecular weight is 272 g/mol. The topological polar surface area (TPSA) is 69.8 Å². The Kier molecular flexibility index (Phi) is 4.76. The molecule has 0 atom stereocenters. The van der Waals surface area contributed by atoms with Gasteiger partial charge in [0.2, 0.25) is 0 Å². The summed E-state index contributed by atoms with van der Waals surface area (Å²) >= 11 is 0. The lowest BCUT2D eigenvalue weighted by Crippen LogP contribution is -2.24. The number of aromatic nitrogens is 2. The van der Waals surface area contributed by atoms with Crippen molar-refractivity contribution in [1.29, 1.82) is 0 Å². The molecule has 0 spiro atoms. The summed E-state index contributed by atoms with van der Waals surface area (Å²) in [6, 6.07) is 5.79. The van der Waals surface area contributed by atoms with Crippen molar-refractivity contribution in [3.63, 3.8) is 0 Å². The zero-order valence-corrected chi connectivity index (χ0v) is 11.9. The molecule has 3 N–H and O–H groups in total. The van der Waals surface area contributed by atoms with E-state index in [2.05, 4.69) is 27.5 Å². The molecule has 0 saturated carbocycles. The zero-order chi connectivity index (χ0) is 14.4. The van der Waals surface area contributed by atoms with Crippen LogP contribution in [0.15, 0.2) is 30.6 Å². The molecule has 0 unspecified atom stereocenters. The first kappa shape index (κ1) is 14.1. The number of H-pyrrole nitrogens is 1. The van der Waals surface area contributed by atoms with Crippen LogP contribution in [0.2, 0.25) is 0 Å². The molecule has 2 rings (SSSR count). The number of aryl methyl sites for hydroxylation is 1. The predicted octanol–water partition coefficient (Wildman–Crippen LogP) is 2.47. The number of carbonyl (C=O) groups excluding carboxylic acids is 1. The molecule has 1 aromatic carbocycles.